The zero-order valence-electron chi connectivity index (χ0n) is 10.2. The van der Waals surface area contributed by atoms with Crippen LogP contribution in [0.2, 0.25) is 0 Å². The summed E-state index contributed by atoms with van der Waals surface area (Å²) in [5, 5.41) is 9.99. The molecule has 0 saturated heterocycles. The van der Waals surface area contributed by atoms with Crippen LogP contribution in [0.4, 0.5) is 0 Å². The number of carboxylic acids is 1. The Labute approximate surface area is 106 Å². The van der Waals surface area contributed by atoms with Gasteiger partial charge in [0.05, 0.1) is 0 Å². The van der Waals surface area contributed by atoms with E-state index in [-0.39, 0.29) is 0 Å². The second-order valence-electron chi connectivity index (χ2n) is 5.26. The molecule has 3 heteroatoms. The number of H-pyrrole nitrogens is 1. The number of nitrogens with one attached hydrogen (secondary N) is 1. The van der Waals surface area contributed by atoms with Crippen molar-refractivity contribution < 1.29 is 9.90 Å². The van der Waals surface area contributed by atoms with Gasteiger partial charge in [-0.15, -0.1) is 0 Å². The van der Waals surface area contributed by atoms with E-state index in [1.54, 1.807) is 0 Å². The van der Waals surface area contributed by atoms with Crippen molar-refractivity contribution in [2.45, 2.75) is 31.6 Å². The topological polar surface area (TPSA) is 53.1 Å². The molecule has 0 atom stereocenters. The van der Waals surface area contributed by atoms with Crippen molar-refractivity contribution in [3.8, 4) is 0 Å². The van der Waals surface area contributed by atoms with E-state index >= 15 is 0 Å². The van der Waals surface area contributed by atoms with Gasteiger partial charge in [-0.05, 0) is 42.7 Å². The summed E-state index contributed by atoms with van der Waals surface area (Å²) in [7, 11) is 0. The second-order valence-corrected chi connectivity index (χ2v) is 5.26. The monoisotopic (exact) mass is 243 g/mol. The summed E-state index contributed by atoms with van der Waals surface area (Å²) in [5.74, 6) is 0.533. The molecule has 2 aromatic rings. The van der Waals surface area contributed by atoms with Crippen molar-refractivity contribution in [2.75, 3.05) is 0 Å². The van der Waals surface area contributed by atoms with E-state index in [0.29, 0.717) is 18.3 Å². The number of hydrogen-bond donors (Lipinski definition) is 2. The van der Waals surface area contributed by atoms with Gasteiger partial charge in [-0.2, -0.15) is 0 Å². The molecular formula is C15H17NO2. The van der Waals surface area contributed by atoms with Crippen LogP contribution in [0.15, 0.2) is 30.5 Å². The number of carboxylic acid groups (broad SMARTS) is 1. The predicted molar refractivity (Wildman–Crippen MR) is 70.6 cm³/mol. The molecule has 1 aliphatic rings. The average Bonchev–Trinajstić information content (AvgIpc) is 2.71. The highest BCUT2D eigenvalue weighted by Crippen LogP contribution is 2.45. The van der Waals surface area contributed by atoms with Gasteiger partial charge in [0.1, 0.15) is 0 Å². The molecule has 1 aromatic heterocycles. The van der Waals surface area contributed by atoms with Crippen LogP contribution < -0.4 is 0 Å². The van der Waals surface area contributed by atoms with Gasteiger partial charge in [0.2, 0.25) is 0 Å². The lowest BCUT2D eigenvalue weighted by atomic mass is 9.69. The zero-order chi connectivity index (χ0) is 12.5. The number of aromatic nitrogens is 1. The number of fused-ring (bicyclic) bond motifs is 1. The predicted octanol–water partition coefficient (Wildman–Crippen LogP) is 3.53. The maximum atomic E-state index is 10.5. The third-order valence-corrected chi connectivity index (χ3v) is 4.06. The first-order valence-electron chi connectivity index (χ1n) is 6.52. The molecule has 1 saturated carbocycles. The third-order valence-electron chi connectivity index (χ3n) is 4.06. The highest BCUT2D eigenvalue weighted by molar-refractivity contribution is 5.83. The maximum Gasteiger partial charge on any atom is 0.303 e. The minimum Gasteiger partial charge on any atom is -0.481 e. The standard InChI is InChI=1S/C15H17NO2/c17-15(18)6-5-10-7-11(8-10)13-9-16-14-4-2-1-3-12(13)14/h1-4,9-11,16H,5-8H2,(H,17,18). The summed E-state index contributed by atoms with van der Waals surface area (Å²) in [6, 6.07) is 8.37. The fraction of sp³-hybridized carbons (Fsp3) is 0.400. The average molecular weight is 243 g/mol. The van der Waals surface area contributed by atoms with Crippen LogP contribution in [-0.4, -0.2) is 16.1 Å². The summed E-state index contributed by atoms with van der Waals surface area (Å²) >= 11 is 0. The number of para-hydroxylation sites is 1. The Kier molecular flexibility index (Phi) is 2.82. The molecule has 0 unspecified atom stereocenters. The highest BCUT2D eigenvalue weighted by Gasteiger charge is 2.31. The molecule has 18 heavy (non-hydrogen) atoms. The SMILES string of the molecule is O=C(O)CCC1CC(c2c[nH]c3ccccc23)C1. The Morgan fingerprint density at radius 3 is 2.89 bits per heavy atom. The molecule has 3 nitrogen and oxygen atoms in total. The van der Waals surface area contributed by atoms with Gasteiger partial charge in [0, 0.05) is 23.5 Å². The highest BCUT2D eigenvalue weighted by atomic mass is 16.4. The molecular weight excluding hydrogens is 226 g/mol. The van der Waals surface area contributed by atoms with Crippen LogP contribution in [0.3, 0.4) is 0 Å². The van der Waals surface area contributed by atoms with E-state index < -0.39 is 5.97 Å². The summed E-state index contributed by atoms with van der Waals surface area (Å²) in [6.45, 7) is 0. The lowest BCUT2D eigenvalue weighted by Gasteiger charge is -2.35. The minimum atomic E-state index is -0.675. The zero-order valence-corrected chi connectivity index (χ0v) is 10.2. The van der Waals surface area contributed by atoms with Crippen molar-refractivity contribution in [3.63, 3.8) is 0 Å². The van der Waals surface area contributed by atoms with Crippen molar-refractivity contribution in [1.82, 2.24) is 4.98 Å². The van der Waals surface area contributed by atoms with E-state index in [1.807, 2.05) is 6.07 Å². The summed E-state index contributed by atoms with van der Waals surface area (Å²) in [4.78, 5) is 13.8. The molecule has 94 valence electrons. The first-order valence-corrected chi connectivity index (χ1v) is 6.52. The summed E-state index contributed by atoms with van der Waals surface area (Å²) in [5.41, 5.74) is 2.60. The number of aromatic amines is 1. The number of aliphatic carboxylic acids is 1. The van der Waals surface area contributed by atoms with E-state index in [4.69, 9.17) is 5.11 Å². The number of rotatable bonds is 4. The molecule has 1 aromatic carbocycles. The Morgan fingerprint density at radius 2 is 2.11 bits per heavy atom. The molecule has 0 radical (unpaired) electrons. The fourth-order valence-corrected chi connectivity index (χ4v) is 2.98. The third kappa shape index (κ3) is 2.01. The number of benzene rings is 1. The lowest BCUT2D eigenvalue weighted by Crippen LogP contribution is -2.22. The molecule has 1 heterocycles. The first kappa shape index (κ1) is 11.3. The van der Waals surface area contributed by atoms with Gasteiger partial charge < -0.3 is 10.1 Å². The number of carbonyl (C=O) groups is 1. The quantitative estimate of drug-likeness (QED) is 0.863. The van der Waals surface area contributed by atoms with Gasteiger partial charge in [-0.3, -0.25) is 4.79 Å². The van der Waals surface area contributed by atoms with Crippen molar-refractivity contribution >= 4 is 16.9 Å². The van der Waals surface area contributed by atoms with E-state index in [1.165, 1.54) is 16.5 Å². The normalized spacial score (nSPS) is 22.9. The second kappa shape index (κ2) is 4.48. The van der Waals surface area contributed by atoms with E-state index in [2.05, 4.69) is 29.4 Å². The molecule has 3 rings (SSSR count). The van der Waals surface area contributed by atoms with Crippen molar-refractivity contribution in [2.24, 2.45) is 5.92 Å². The molecule has 1 fully saturated rings. The summed E-state index contributed by atoms with van der Waals surface area (Å²) in [6.07, 6.45) is 5.52. The smallest absolute Gasteiger partial charge is 0.303 e. The van der Waals surface area contributed by atoms with E-state index in [9.17, 15) is 4.79 Å². The van der Waals surface area contributed by atoms with Crippen molar-refractivity contribution in [3.05, 3.63) is 36.0 Å². The Hall–Kier alpha value is -1.77. The van der Waals surface area contributed by atoms with Crippen LogP contribution >= 0.6 is 0 Å². The Bertz CT molecular complexity index is 567. The molecule has 0 aliphatic heterocycles. The van der Waals surface area contributed by atoms with Gasteiger partial charge in [0.25, 0.3) is 0 Å². The number of hydrogen-bond acceptors (Lipinski definition) is 1. The van der Waals surface area contributed by atoms with Crippen molar-refractivity contribution in [1.29, 1.82) is 0 Å². The fourth-order valence-electron chi connectivity index (χ4n) is 2.98. The largest absolute Gasteiger partial charge is 0.481 e. The molecule has 1 aliphatic carbocycles. The van der Waals surface area contributed by atoms with Gasteiger partial charge in [-0.25, -0.2) is 0 Å². The Morgan fingerprint density at radius 1 is 1.33 bits per heavy atom. The lowest BCUT2D eigenvalue weighted by molar-refractivity contribution is -0.137. The van der Waals surface area contributed by atoms with Gasteiger partial charge in [-0.1, -0.05) is 18.2 Å². The summed E-state index contributed by atoms with van der Waals surface area (Å²) < 4.78 is 0. The maximum absolute atomic E-state index is 10.5. The molecule has 0 bridgehead atoms. The first-order chi connectivity index (χ1) is 8.74. The van der Waals surface area contributed by atoms with Crippen LogP contribution in [0.5, 0.6) is 0 Å². The van der Waals surface area contributed by atoms with Crippen LogP contribution in [0, 0.1) is 5.92 Å². The van der Waals surface area contributed by atoms with Gasteiger partial charge in [0.15, 0.2) is 0 Å². The van der Waals surface area contributed by atoms with E-state index in [0.717, 1.165) is 19.3 Å². The van der Waals surface area contributed by atoms with Crippen LogP contribution in [0.1, 0.15) is 37.2 Å². The molecule has 0 amide bonds. The van der Waals surface area contributed by atoms with Crippen LogP contribution in [-0.2, 0) is 4.79 Å². The Balaban J connectivity index is 1.66. The molecule has 0 spiro atoms. The van der Waals surface area contributed by atoms with Gasteiger partial charge >= 0.3 is 5.97 Å². The molecule has 2 N–H and O–H groups in total. The minimum absolute atomic E-state index is 0.311. The van der Waals surface area contributed by atoms with Crippen LogP contribution in [0.25, 0.3) is 10.9 Å².